The number of rotatable bonds is 44. The third-order valence-electron chi connectivity index (χ3n) is 15.8. The highest BCUT2D eigenvalue weighted by atomic mass is 32.1. The number of carbonyl (C=O) groups is 2. The summed E-state index contributed by atoms with van der Waals surface area (Å²) >= 11 is 6.82. The van der Waals surface area contributed by atoms with Gasteiger partial charge < -0.3 is 18.9 Å². The summed E-state index contributed by atoms with van der Waals surface area (Å²) in [5.74, 6) is 1.49. The fourth-order valence-corrected chi connectivity index (χ4v) is 15.5. The molecule has 4 heterocycles. The van der Waals surface area contributed by atoms with Crippen molar-refractivity contribution in [2.45, 2.75) is 248 Å². The first-order valence-corrected chi connectivity index (χ1v) is 35.5. The number of esters is 2. The van der Waals surface area contributed by atoms with Crippen molar-refractivity contribution in [1.82, 2.24) is 0 Å². The van der Waals surface area contributed by atoms with Crippen LogP contribution in [0.2, 0.25) is 0 Å². The van der Waals surface area contributed by atoms with Crippen LogP contribution in [-0.2, 0) is 31.9 Å². The topological polar surface area (TPSA) is 119 Å². The summed E-state index contributed by atoms with van der Waals surface area (Å²) in [6, 6.07) is 13.4. The maximum Gasteiger partial charge on any atom is 0.348 e. The SMILES string of the molecule is CCCCCCCCOC(=O)/C(C#N)=C/c1cc(CCCCCC)c(-c2cc3c(OCC(CC)CCCC)c4sc(-c5sc(/C=C(\C#N)C(=O)OCCCCCCCC)cc5CCCCCC)cc4c(OCC(CC)CCCC)c3s2)s1. The van der Waals surface area contributed by atoms with Gasteiger partial charge in [0.05, 0.1) is 35.8 Å². The summed E-state index contributed by atoms with van der Waals surface area (Å²) in [6.07, 6.45) is 36.2. The molecule has 0 spiro atoms. The van der Waals surface area contributed by atoms with Crippen LogP contribution in [0.25, 0.3) is 51.8 Å². The Balaban J connectivity index is 1.69. The molecule has 2 unspecified atom stereocenters. The molecule has 0 aliphatic rings. The van der Waals surface area contributed by atoms with Crippen LogP contribution in [0.3, 0.4) is 0 Å². The molecule has 4 aromatic heterocycles. The normalized spacial score (nSPS) is 12.7. The van der Waals surface area contributed by atoms with Crippen LogP contribution in [0.15, 0.2) is 35.4 Å². The zero-order chi connectivity index (χ0) is 58.9. The predicted octanol–water partition coefficient (Wildman–Crippen LogP) is 22.6. The number of carbonyl (C=O) groups excluding carboxylic acids is 2. The summed E-state index contributed by atoms with van der Waals surface area (Å²) in [4.78, 5) is 33.0. The number of nitrogens with zero attached hydrogens (tertiary/aromatic N) is 2. The zero-order valence-corrected chi connectivity index (χ0v) is 54.9. The van der Waals surface area contributed by atoms with Gasteiger partial charge in [-0.25, -0.2) is 9.59 Å². The van der Waals surface area contributed by atoms with Crippen LogP contribution >= 0.6 is 45.3 Å². The second-order valence-electron chi connectivity index (χ2n) is 22.6. The van der Waals surface area contributed by atoms with Crippen LogP contribution < -0.4 is 9.47 Å². The number of unbranched alkanes of at least 4 members (excludes halogenated alkanes) is 18. The zero-order valence-electron chi connectivity index (χ0n) is 51.6. The van der Waals surface area contributed by atoms with Crippen LogP contribution in [0.1, 0.15) is 256 Å². The summed E-state index contributed by atoms with van der Waals surface area (Å²) < 4.78 is 28.0. The molecule has 1 aromatic carbocycles. The molecular formula is C70H100N2O6S4. The standard InChI is InChI=1S/C70H100N2O6S4/c1-9-17-23-27-29-33-39-75-69(73)55(47-71)43-57-41-53(37-31-25-19-11-3)65(79-57)61-45-59-63(77-49-51(15-7)35-21-13-5)68-60(64(67(59)81-61)78-50-52(16-8)36-22-14-6)46-62(82-68)66-54(38-32-26-20-12-4)42-58(80-66)44-56(48-72)70(74)76-40-34-30-28-24-18-10-2/h41-46,51-52H,9-40,49-50H2,1-8H3/b55-43+,56-44+. The molecular weight excluding hydrogens is 1090 g/mol. The minimum absolute atomic E-state index is 0.0296. The van der Waals surface area contributed by atoms with E-state index in [1.54, 1.807) is 57.5 Å². The second-order valence-corrected chi connectivity index (χ2v) is 26.9. The van der Waals surface area contributed by atoms with E-state index in [2.05, 4.69) is 91.8 Å². The van der Waals surface area contributed by atoms with Crippen LogP contribution in [0.5, 0.6) is 11.5 Å². The van der Waals surface area contributed by atoms with Gasteiger partial charge in [-0.2, -0.15) is 10.5 Å². The highest BCUT2D eigenvalue weighted by molar-refractivity contribution is 7.28. The van der Waals surface area contributed by atoms with E-state index >= 15 is 0 Å². The number of nitriles is 2. The van der Waals surface area contributed by atoms with Gasteiger partial charge in [0.15, 0.2) is 0 Å². The van der Waals surface area contributed by atoms with Crippen molar-refractivity contribution >= 4 is 89.6 Å². The maximum absolute atomic E-state index is 13.4. The Kier molecular flexibility index (Phi) is 32.7. The highest BCUT2D eigenvalue weighted by Crippen LogP contribution is 2.55. The summed E-state index contributed by atoms with van der Waals surface area (Å²) in [7, 11) is 0. The van der Waals surface area contributed by atoms with Crippen LogP contribution in [-0.4, -0.2) is 38.4 Å². The molecule has 0 bridgehead atoms. The number of thiophene rings is 4. The number of ether oxygens (including phenoxy) is 4. The Morgan fingerprint density at radius 2 is 0.817 bits per heavy atom. The Labute approximate surface area is 511 Å². The molecule has 82 heavy (non-hydrogen) atoms. The molecule has 8 nitrogen and oxygen atoms in total. The predicted molar refractivity (Wildman–Crippen MR) is 353 cm³/mol. The summed E-state index contributed by atoms with van der Waals surface area (Å²) in [6.45, 7) is 19.8. The third-order valence-corrected chi connectivity index (χ3v) is 20.7. The van der Waals surface area contributed by atoms with E-state index < -0.39 is 11.9 Å². The lowest BCUT2D eigenvalue weighted by molar-refractivity contribution is -0.139. The Morgan fingerprint density at radius 1 is 0.463 bits per heavy atom. The number of fused-ring (bicyclic) bond motifs is 2. The first-order valence-electron chi connectivity index (χ1n) is 32.2. The molecule has 0 fully saturated rings. The van der Waals surface area contributed by atoms with E-state index in [0.29, 0.717) is 38.3 Å². The van der Waals surface area contributed by atoms with Gasteiger partial charge in [0.25, 0.3) is 0 Å². The van der Waals surface area contributed by atoms with E-state index in [1.807, 2.05) is 0 Å². The fourth-order valence-electron chi connectivity index (χ4n) is 10.5. The lowest BCUT2D eigenvalue weighted by Crippen LogP contribution is -2.12. The number of benzene rings is 1. The Bertz CT molecular complexity index is 2590. The first-order chi connectivity index (χ1) is 40.1. The molecule has 2 atom stereocenters. The van der Waals surface area contributed by atoms with Crippen LogP contribution in [0, 0.1) is 34.5 Å². The minimum atomic E-state index is -0.557. The molecule has 5 aromatic rings. The van der Waals surface area contributed by atoms with Crippen molar-refractivity contribution in [2.24, 2.45) is 11.8 Å². The second kappa shape index (κ2) is 39.2. The van der Waals surface area contributed by atoms with Gasteiger partial charge in [0, 0.05) is 40.0 Å². The van der Waals surface area contributed by atoms with Gasteiger partial charge in [-0.15, -0.1) is 45.3 Å². The van der Waals surface area contributed by atoms with Gasteiger partial charge in [-0.05, 0) is 111 Å². The molecule has 0 radical (unpaired) electrons. The molecule has 12 heteroatoms. The Morgan fingerprint density at radius 3 is 1.17 bits per heavy atom. The van der Waals surface area contributed by atoms with E-state index in [9.17, 15) is 20.1 Å². The summed E-state index contributed by atoms with van der Waals surface area (Å²) in [5.41, 5.74) is 2.51. The van der Waals surface area contributed by atoms with E-state index in [-0.39, 0.29) is 11.1 Å². The average molecular weight is 1190 g/mol. The number of hydrogen-bond donors (Lipinski definition) is 0. The minimum Gasteiger partial charge on any atom is -0.491 e. The lowest BCUT2D eigenvalue weighted by atomic mass is 10.0. The van der Waals surface area contributed by atoms with Gasteiger partial charge >= 0.3 is 11.9 Å². The molecule has 0 aliphatic carbocycles. The van der Waals surface area contributed by atoms with Crippen molar-refractivity contribution in [3.05, 3.63) is 56.3 Å². The molecule has 450 valence electrons. The van der Waals surface area contributed by atoms with Gasteiger partial charge in [0.2, 0.25) is 0 Å². The Hall–Kier alpha value is -4.46. The smallest absolute Gasteiger partial charge is 0.348 e. The number of hydrogen-bond acceptors (Lipinski definition) is 12. The van der Waals surface area contributed by atoms with Crippen molar-refractivity contribution in [1.29, 1.82) is 10.5 Å². The van der Waals surface area contributed by atoms with Gasteiger partial charge in [-0.1, -0.05) is 197 Å². The summed E-state index contributed by atoms with van der Waals surface area (Å²) in [5, 5.41) is 22.7. The van der Waals surface area contributed by atoms with Crippen molar-refractivity contribution < 1.29 is 28.5 Å². The van der Waals surface area contributed by atoms with Gasteiger partial charge in [-0.3, -0.25) is 0 Å². The maximum atomic E-state index is 13.4. The molecule has 0 aliphatic heterocycles. The molecule has 0 saturated carbocycles. The van der Waals surface area contributed by atoms with Crippen molar-refractivity contribution in [3.63, 3.8) is 0 Å². The highest BCUT2D eigenvalue weighted by Gasteiger charge is 2.27. The van der Waals surface area contributed by atoms with Crippen molar-refractivity contribution in [3.8, 4) is 43.1 Å². The third kappa shape index (κ3) is 21.6. The molecule has 5 rings (SSSR count). The number of aryl methyl sites for hydroxylation is 2. The average Bonchev–Trinajstić information content (AvgIpc) is 3.43. The monoisotopic (exact) mass is 1190 g/mol. The van der Waals surface area contributed by atoms with E-state index in [0.717, 1.165) is 202 Å². The van der Waals surface area contributed by atoms with E-state index in [1.165, 1.54) is 62.5 Å². The van der Waals surface area contributed by atoms with E-state index in [4.69, 9.17) is 18.9 Å². The fraction of sp³-hybridized carbons (Fsp3) is 0.629. The van der Waals surface area contributed by atoms with Crippen LogP contribution in [0.4, 0.5) is 0 Å². The lowest BCUT2D eigenvalue weighted by Gasteiger charge is -2.19. The molecule has 0 saturated heterocycles. The first kappa shape index (κ1) is 68.3. The van der Waals surface area contributed by atoms with Crippen molar-refractivity contribution in [2.75, 3.05) is 26.4 Å². The largest absolute Gasteiger partial charge is 0.491 e. The van der Waals surface area contributed by atoms with Gasteiger partial charge in [0.1, 0.15) is 34.8 Å². The quantitative estimate of drug-likeness (QED) is 0.0164. The molecule has 0 N–H and O–H groups in total. The molecule has 0 amide bonds.